The summed E-state index contributed by atoms with van der Waals surface area (Å²) in [6, 6.07) is 12.9. The Kier molecular flexibility index (Phi) is 5.88. The highest BCUT2D eigenvalue weighted by Gasteiger charge is 2.52. The van der Waals surface area contributed by atoms with Crippen LogP contribution in [0.1, 0.15) is 36.9 Å². The predicted molar refractivity (Wildman–Crippen MR) is 116 cm³/mol. The number of halogens is 5. The highest BCUT2D eigenvalue weighted by molar-refractivity contribution is 6.30. The van der Waals surface area contributed by atoms with E-state index in [4.69, 9.17) is 23.2 Å². The Morgan fingerprint density at radius 2 is 1.65 bits per heavy atom. The Balaban J connectivity index is 1.80. The van der Waals surface area contributed by atoms with Crippen molar-refractivity contribution in [3.05, 3.63) is 75.3 Å². The minimum atomic E-state index is -5.02. The van der Waals surface area contributed by atoms with Crippen LogP contribution >= 0.6 is 23.2 Å². The average molecular weight is 467 g/mol. The molecule has 0 bridgehead atoms. The highest BCUT2D eigenvalue weighted by Crippen LogP contribution is 2.47. The van der Waals surface area contributed by atoms with Gasteiger partial charge in [-0.05, 0) is 65.8 Å². The first-order valence-electron chi connectivity index (χ1n) is 9.84. The molecular formula is C23H19Cl2F3N2O. The van der Waals surface area contributed by atoms with E-state index in [-0.39, 0.29) is 11.8 Å². The van der Waals surface area contributed by atoms with Crippen LogP contribution in [0.15, 0.2) is 59.2 Å². The summed E-state index contributed by atoms with van der Waals surface area (Å²) in [5.74, 6) is -2.08. The molecule has 3 nitrogen and oxygen atoms in total. The molecular weight excluding hydrogens is 448 g/mol. The summed E-state index contributed by atoms with van der Waals surface area (Å²) in [7, 11) is 0. The molecule has 0 N–H and O–H groups in total. The number of benzene rings is 2. The lowest BCUT2D eigenvalue weighted by molar-refractivity contribution is -0.188. The zero-order valence-corrected chi connectivity index (χ0v) is 18.0. The normalized spacial score (nSPS) is 24.8. The van der Waals surface area contributed by atoms with E-state index in [1.165, 1.54) is 0 Å². The van der Waals surface area contributed by atoms with Crippen molar-refractivity contribution in [3.8, 4) is 0 Å². The van der Waals surface area contributed by atoms with Gasteiger partial charge >= 0.3 is 12.1 Å². The second-order valence-electron chi connectivity index (χ2n) is 8.00. The molecule has 0 aromatic heterocycles. The van der Waals surface area contributed by atoms with Crippen LogP contribution in [0.5, 0.6) is 0 Å². The van der Waals surface area contributed by atoms with Gasteiger partial charge in [0.15, 0.2) is 0 Å². The second-order valence-corrected chi connectivity index (χ2v) is 8.87. The first-order chi connectivity index (χ1) is 14.6. The minimum Gasteiger partial charge on any atom is -0.262 e. The van der Waals surface area contributed by atoms with Crippen LogP contribution in [0.25, 0.3) is 6.08 Å². The molecule has 3 atom stereocenters. The zero-order chi connectivity index (χ0) is 22.3. The smallest absolute Gasteiger partial charge is 0.262 e. The summed E-state index contributed by atoms with van der Waals surface area (Å²) in [4.78, 5) is 12.3. The van der Waals surface area contributed by atoms with Crippen LogP contribution in [-0.4, -0.2) is 22.8 Å². The maximum absolute atomic E-state index is 13.4. The maximum atomic E-state index is 13.4. The lowest BCUT2D eigenvalue weighted by Gasteiger charge is -2.32. The minimum absolute atomic E-state index is 0.221. The SMILES string of the molecule is C[C@H]1C/C(=C/c2ccc(Cl)cc2)C2=NN(C(=O)C(F)(F)F)[C@H](c3ccc(Cl)cc3)[C@@H]2C1. The third-order valence-corrected chi connectivity index (χ3v) is 6.14. The number of carbonyl (C=O) groups excluding carboxylic acids is 1. The molecule has 1 fully saturated rings. The summed E-state index contributed by atoms with van der Waals surface area (Å²) in [5.41, 5.74) is 2.82. The van der Waals surface area contributed by atoms with E-state index in [2.05, 4.69) is 12.0 Å². The Labute approximate surface area is 188 Å². The molecule has 4 rings (SSSR count). The molecule has 0 unspecified atom stereocenters. The Morgan fingerprint density at radius 1 is 1.06 bits per heavy atom. The van der Waals surface area contributed by atoms with Crippen molar-refractivity contribution in [2.75, 3.05) is 0 Å². The predicted octanol–water partition coefficient (Wildman–Crippen LogP) is 6.92. The van der Waals surface area contributed by atoms with Gasteiger partial charge in [0.2, 0.25) is 0 Å². The Bertz CT molecular complexity index is 1050. The van der Waals surface area contributed by atoms with Crippen molar-refractivity contribution >= 4 is 40.9 Å². The summed E-state index contributed by atoms with van der Waals surface area (Å²) < 4.78 is 40.1. The summed E-state index contributed by atoms with van der Waals surface area (Å²) in [6.45, 7) is 2.06. The fourth-order valence-corrected chi connectivity index (χ4v) is 4.59. The van der Waals surface area contributed by atoms with E-state index in [0.717, 1.165) is 11.1 Å². The third kappa shape index (κ3) is 4.51. The first-order valence-corrected chi connectivity index (χ1v) is 10.6. The molecule has 1 aliphatic carbocycles. The van der Waals surface area contributed by atoms with Crippen molar-refractivity contribution < 1.29 is 18.0 Å². The van der Waals surface area contributed by atoms with Gasteiger partial charge in [0.1, 0.15) is 0 Å². The van der Waals surface area contributed by atoms with E-state index >= 15 is 0 Å². The van der Waals surface area contributed by atoms with E-state index < -0.39 is 18.1 Å². The Hall–Kier alpha value is -2.31. The van der Waals surface area contributed by atoms with E-state index in [9.17, 15) is 18.0 Å². The second kappa shape index (κ2) is 8.32. The fourth-order valence-electron chi connectivity index (χ4n) is 4.34. The molecule has 1 heterocycles. The molecule has 162 valence electrons. The lowest BCUT2D eigenvalue weighted by Crippen LogP contribution is -2.40. The van der Waals surface area contributed by atoms with Gasteiger partial charge in [0.25, 0.3) is 0 Å². The number of hydrogen-bond donors (Lipinski definition) is 0. The molecule has 1 saturated carbocycles. The third-order valence-electron chi connectivity index (χ3n) is 5.64. The molecule has 2 aromatic rings. The zero-order valence-electron chi connectivity index (χ0n) is 16.5. The highest BCUT2D eigenvalue weighted by atomic mass is 35.5. The maximum Gasteiger partial charge on any atom is 0.473 e. The number of hydrazone groups is 1. The van der Waals surface area contributed by atoms with Gasteiger partial charge < -0.3 is 0 Å². The van der Waals surface area contributed by atoms with Gasteiger partial charge in [0.05, 0.1) is 11.8 Å². The van der Waals surface area contributed by atoms with E-state index in [1.807, 2.05) is 18.2 Å². The van der Waals surface area contributed by atoms with Crippen LogP contribution in [0.3, 0.4) is 0 Å². The summed E-state index contributed by atoms with van der Waals surface area (Å²) >= 11 is 11.9. The van der Waals surface area contributed by atoms with Crippen LogP contribution in [-0.2, 0) is 4.79 Å². The number of amides is 1. The first kappa shape index (κ1) is 21.9. The number of rotatable bonds is 2. The van der Waals surface area contributed by atoms with Crippen molar-refractivity contribution in [1.29, 1.82) is 0 Å². The largest absolute Gasteiger partial charge is 0.473 e. The van der Waals surface area contributed by atoms with Gasteiger partial charge in [-0.15, -0.1) is 0 Å². The van der Waals surface area contributed by atoms with Gasteiger partial charge in [0, 0.05) is 16.0 Å². The van der Waals surface area contributed by atoms with Crippen LogP contribution in [0, 0.1) is 11.8 Å². The molecule has 0 spiro atoms. The van der Waals surface area contributed by atoms with Crippen LogP contribution in [0.2, 0.25) is 10.0 Å². The van der Waals surface area contributed by atoms with Gasteiger partial charge in [-0.1, -0.05) is 54.4 Å². The number of hydrogen-bond acceptors (Lipinski definition) is 2. The van der Waals surface area contributed by atoms with Crippen LogP contribution in [0.4, 0.5) is 13.2 Å². The molecule has 0 saturated heterocycles. The number of alkyl halides is 3. The number of fused-ring (bicyclic) bond motifs is 1. The van der Waals surface area contributed by atoms with Crippen LogP contribution < -0.4 is 0 Å². The summed E-state index contributed by atoms with van der Waals surface area (Å²) in [6.07, 6.45) is -1.81. The van der Waals surface area contributed by atoms with Crippen molar-refractivity contribution in [2.24, 2.45) is 16.9 Å². The molecule has 2 aromatic carbocycles. The van der Waals surface area contributed by atoms with Gasteiger partial charge in [-0.25, -0.2) is 5.01 Å². The molecule has 2 aliphatic rings. The van der Waals surface area contributed by atoms with Crippen molar-refractivity contribution in [1.82, 2.24) is 5.01 Å². The molecule has 8 heteroatoms. The molecule has 1 aliphatic heterocycles. The topological polar surface area (TPSA) is 32.7 Å². The molecule has 31 heavy (non-hydrogen) atoms. The summed E-state index contributed by atoms with van der Waals surface area (Å²) in [5, 5.41) is 5.91. The monoisotopic (exact) mass is 466 g/mol. The number of nitrogens with zero attached hydrogens (tertiary/aromatic N) is 2. The molecule has 1 amide bonds. The number of carbonyl (C=O) groups is 1. The van der Waals surface area contributed by atoms with Crippen molar-refractivity contribution in [2.45, 2.75) is 32.0 Å². The lowest BCUT2D eigenvalue weighted by atomic mass is 9.73. The molecule has 0 radical (unpaired) electrons. The van der Waals surface area contributed by atoms with Gasteiger partial charge in [-0.2, -0.15) is 18.3 Å². The van der Waals surface area contributed by atoms with E-state index in [1.54, 1.807) is 36.4 Å². The number of allylic oxidation sites excluding steroid dienone is 1. The fraction of sp³-hybridized carbons (Fsp3) is 0.304. The Morgan fingerprint density at radius 3 is 2.23 bits per heavy atom. The van der Waals surface area contributed by atoms with E-state index in [0.29, 0.717) is 39.2 Å². The average Bonchev–Trinajstić information content (AvgIpc) is 3.08. The standard InChI is InChI=1S/C23H19Cl2F3N2O/c1-13-10-16(12-14-2-6-17(24)7-3-14)20-19(11-13)21(15-4-8-18(25)9-5-15)30(29-20)22(31)23(26,27)28/h2-9,12-13,19,21H,10-11H2,1H3/b16-12-/t13-,19+,21+/m0/s1. The van der Waals surface area contributed by atoms with Crippen molar-refractivity contribution in [3.63, 3.8) is 0 Å². The quantitative estimate of drug-likeness (QED) is 0.472. The van der Waals surface area contributed by atoms with Gasteiger partial charge in [-0.3, -0.25) is 4.79 Å².